The molecule has 2 nitrogen and oxygen atoms in total. The van der Waals surface area contributed by atoms with Crippen LogP contribution in [0, 0.1) is 11.3 Å². The molecule has 1 aliphatic rings. The normalized spacial score (nSPS) is 28.4. The smallest absolute Gasteiger partial charge is 0.154 e. The fraction of sp³-hybridized carbons (Fsp3) is 0.429. The minimum atomic E-state index is -0.550. The first-order chi connectivity index (χ1) is 7.46. The summed E-state index contributed by atoms with van der Waals surface area (Å²) in [6, 6.07) is 9.34. The Bertz CT molecular complexity index is 431. The van der Waals surface area contributed by atoms with E-state index in [0.29, 0.717) is 0 Å². The van der Waals surface area contributed by atoms with Gasteiger partial charge in [0, 0.05) is 11.3 Å². The van der Waals surface area contributed by atoms with Gasteiger partial charge in [-0.2, -0.15) is 0 Å². The molecule has 1 aromatic carbocycles. The molecule has 1 fully saturated rings. The minimum Gasteiger partial charge on any atom is -0.298 e. The predicted octanol–water partition coefficient (Wildman–Crippen LogP) is 2.58. The van der Waals surface area contributed by atoms with E-state index in [1.807, 2.05) is 51.1 Å². The number of carbonyl (C=O) groups is 2. The summed E-state index contributed by atoms with van der Waals surface area (Å²) in [7, 11) is 0. The number of hydrogen-bond donors (Lipinski definition) is 0. The molecule has 1 aliphatic carbocycles. The third-order valence-electron chi connectivity index (χ3n) is 3.82. The number of benzene rings is 1. The van der Waals surface area contributed by atoms with Crippen LogP contribution >= 0.6 is 0 Å². The molecule has 0 aromatic heterocycles. The largest absolute Gasteiger partial charge is 0.298 e. The molecule has 84 valence electrons. The van der Waals surface area contributed by atoms with E-state index >= 15 is 0 Å². The Labute approximate surface area is 95.7 Å². The van der Waals surface area contributed by atoms with Crippen molar-refractivity contribution in [3.63, 3.8) is 0 Å². The van der Waals surface area contributed by atoms with Crippen molar-refractivity contribution < 1.29 is 9.59 Å². The molecule has 0 heterocycles. The summed E-state index contributed by atoms with van der Waals surface area (Å²) in [5, 5.41) is 0. The number of hydrogen-bond acceptors (Lipinski definition) is 2. The van der Waals surface area contributed by atoms with E-state index in [1.165, 1.54) is 0 Å². The van der Waals surface area contributed by atoms with Gasteiger partial charge < -0.3 is 0 Å². The molecule has 16 heavy (non-hydrogen) atoms. The van der Waals surface area contributed by atoms with Crippen LogP contribution in [0.2, 0.25) is 0 Å². The lowest BCUT2D eigenvalue weighted by atomic mass is 9.82. The molecule has 0 spiro atoms. The number of ketones is 2. The highest BCUT2D eigenvalue weighted by molar-refractivity contribution is 6.17. The Morgan fingerprint density at radius 3 is 2.06 bits per heavy atom. The van der Waals surface area contributed by atoms with Crippen LogP contribution in [-0.2, 0) is 9.59 Å². The molecule has 0 amide bonds. The summed E-state index contributed by atoms with van der Waals surface area (Å²) >= 11 is 0. The molecular weight excluding hydrogens is 200 g/mol. The predicted molar refractivity (Wildman–Crippen MR) is 62.1 cm³/mol. The summed E-state index contributed by atoms with van der Waals surface area (Å²) < 4.78 is 0. The molecule has 0 saturated heterocycles. The molecule has 0 N–H and O–H groups in total. The van der Waals surface area contributed by atoms with Gasteiger partial charge in [0.15, 0.2) is 11.6 Å². The molecule has 0 aliphatic heterocycles. The first kappa shape index (κ1) is 11.1. The van der Waals surface area contributed by atoms with Crippen molar-refractivity contribution in [1.82, 2.24) is 0 Å². The quantitative estimate of drug-likeness (QED) is 0.676. The molecule has 0 bridgehead atoms. The Balaban J connectivity index is 2.45. The maximum Gasteiger partial charge on any atom is 0.154 e. The first-order valence-corrected chi connectivity index (χ1v) is 5.59. The van der Waals surface area contributed by atoms with Crippen molar-refractivity contribution in [3.05, 3.63) is 35.9 Å². The van der Waals surface area contributed by atoms with E-state index in [9.17, 15) is 9.59 Å². The van der Waals surface area contributed by atoms with Gasteiger partial charge in [-0.25, -0.2) is 0 Å². The van der Waals surface area contributed by atoms with Crippen LogP contribution in [0.25, 0.3) is 0 Å². The lowest BCUT2D eigenvalue weighted by Gasteiger charge is -2.19. The highest BCUT2D eigenvalue weighted by Gasteiger charge is 2.52. The van der Waals surface area contributed by atoms with E-state index < -0.39 is 11.3 Å². The Morgan fingerprint density at radius 1 is 1.06 bits per heavy atom. The van der Waals surface area contributed by atoms with Crippen molar-refractivity contribution in [1.29, 1.82) is 0 Å². The average molecular weight is 216 g/mol. The number of rotatable bonds is 1. The van der Waals surface area contributed by atoms with E-state index in [1.54, 1.807) is 0 Å². The van der Waals surface area contributed by atoms with Gasteiger partial charge in [-0.15, -0.1) is 0 Å². The van der Waals surface area contributed by atoms with Crippen molar-refractivity contribution in [2.45, 2.75) is 26.7 Å². The Kier molecular flexibility index (Phi) is 2.45. The Morgan fingerprint density at radius 2 is 1.62 bits per heavy atom. The topological polar surface area (TPSA) is 34.1 Å². The lowest BCUT2D eigenvalue weighted by molar-refractivity contribution is -0.126. The van der Waals surface area contributed by atoms with Gasteiger partial charge in [0.25, 0.3) is 0 Å². The van der Waals surface area contributed by atoms with Crippen LogP contribution in [0.1, 0.15) is 32.3 Å². The summed E-state index contributed by atoms with van der Waals surface area (Å²) in [6.07, 6.45) is 0. The molecule has 2 atom stereocenters. The monoisotopic (exact) mass is 216 g/mol. The molecular formula is C14H16O2. The van der Waals surface area contributed by atoms with Crippen LogP contribution in [0.5, 0.6) is 0 Å². The van der Waals surface area contributed by atoms with Crippen LogP contribution in [0.3, 0.4) is 0 Å². The summed E-state index contributed by atoms with van der Waals surface area (Å²) in [5.74, 6) is -0.631. The molecule has 2 unspecified atom stereocenters. The van der Waals surface area contributed by atoms with Crippen LogP contribution < -0.4 is 0 Å². The van der Waals surface area contributed by atoms with E-state index in [0.717, 1.165) is 5.56 Å². The number of Topliss-reactive ketones (excluding diaryl/α,β-unsaturated/α-hetero) is 2. The molecule has 2 heteroatoms. The van der Waals surface area contributed by atoms with Gasteiger partial charge >= 0.3 is 0 Å². The van der Waals surface area contributed by atoms with Crippen LogP contribution in [0.4, 0.5) is 0 Å². The van der Waals surface area contributed by atoms with Crippen molar-refractivity contribution in [3.8, 4) is 0 Å². The highest BCUT2D eigenvalue weighted by atomic mass is 16.2. The van der Waals surface area contributed by atoms with Crippen LogP contribution in [0.15, 0.2) is 30.3 Å². The van der Waals surface area contributed by atoms with Gasteiger partial charge in [-0.3, -0.25) is 9.59 Å². The van der Waals surface area contributed by atoms with Gasteiger partial charge in [-0.05, 0) is 5.56 Å². The average Bonchev–Trinajstić information content (AvgIpc) is 2.42. The summed E-state index contributed by atoms with van der Waals surface area (Å²) in [6.45, 7) is 5.57. The van der Waals surface area contributed by atoms with Crippen molar-refractivity contribution in [2.24, 2.45) is 11.3 Å². The van der Waals surface area contributed by atoms with Gasteiger partial charge in [0.2, 0.25) is 0 Å². The zero-order valence-electron chi connectivity index (χ0n) is 9.86. The summed E-state index contributed by atoms with van der Waals surface area (Å²) in [5.41, 5.74) is 0.298. The SMILES string of the molecule is CC1C(=O)C(c2ccccc2)C(=O)C1(C)C. The van der Waals surface area contributed by atoms with Gasteiger partial charge in [-0.1, -0.05) is 51.1 Å². The van der Waals surface area contributed by atoms with Gasteiger partial charge in [0.05, 0.1) is 0 Å². The zero-order valence-corrected chi connectivity index (χ0v) is 9.86. The fourth-order valence-electron chi connectivity index (χ4n) is 2.28. The first-order valence-electron chi connectivity index (χ1n) is 5.59. The molecule has 1 saturated carbocycles. The second-order valence-corrected chi connectivity index (χ2v) is 5.05. The minimum absolute atomic E-state index is 0.0520. The maximum absolute atomic E-state index is 12.2. The second-order valence-electron chi connectivity index (χ2n) is 5.05. The third kappa shape index (κ3) is 1.41. The lowest BCUT2D eigenvalue weighted by Crippen LogP contribution is -2.25. The van der Waals surface area contributed by atoms with Crippen molar-refractivity contribution in [2.75, 3.05) is 0 Å². The van der Waals surface area contributed by atoms with Crippen LogP contribution in [-0.4, -0.2) is 11.6 Å². The number of carbonyl (C=O) groups excluding carboxylic acids is 2. The third-order valence-corrected chi connectivity index (χ3v) is 3.82. The molecule has 0 radical (unpaired) electrons. The van der Waals surface area contributed by atoms with E-state index in [-0.39, 0.29) is 17.5 Å². The zero-order chi connectivity index (χ0) is 11.9. The Hall–Kier alpha value is -1.44. The van der Waals surface area contributed by atoms with Gasteiger partial charge in [0.1, 0.15) is 5.92 Å². The van der Waals surface area contributed by atoms with Crippen molar-refractivity contribution >= 4 is 11.6 Å². The van der Waals surface area contributed by atoms with E-state index in [4.69, 9.17) is 0 Å². The molecule has 1 aromatic rings. The fourth-order valence-corrected chi connectivity index (χ4v) is 2.28. The highest BCUT2D eigenvalue weighted by Crippen LogP contribution is 2.44. The maximum atomic E-state index is 12.2. The second kappa shape index (κ2) is 3.55. The van der Waals surface area contributed by atoms with E-state index in [2.05, 4.69) is 0 Å². The standard InChI is InChI=1S/C14H16O2/c1-9-12(15)11(13(16)14(9,2)3)10-7-5-4-6-8-10/h4-9,11H,1-3H3. The summed E-state index contributed by atoms with van der Waals surface area (Å²) in [4.78, 5) is 24.3. The molecule has 2 rings (SSSR count).